The highest BCUT2D eigenvalue weighted by Gasteiger charge is 2.15. The summed E-state index contributed by atoms with van der Waals surface area (Å²) in [4.78, 5) is 4.12. The van der Waals surface area contributed by atoms with E-state index in [4.69, 9.17) is 11.6 Å². The zero-order valence-electron chi connectivity index (χ0n) is 8.94. The zero-order chi connectivity index (χ0) is 11.9. The fourth-order valence-corrected chi connectivity index (χ4v) is 2.03. The second kappa shape index (κ2) is 3.98. The molecular formula is C12H10ClF2N. The van der Waals surface area contributed by atoms with Crippen LogP contribution in [0.15, 0.2) is 12.1 Å². The number of halogens is 3. The van der Waals surface area contributed by atoms with Crippen molar-refractivity contribution in [2.75, 3.05) is 0 Å². The molecule has 0 fully saturated rings. The lowest BCUT2D eigenvalue weighted by atomic mass is 10.1. The fraction of sp³-hybridized carbons (Fsp3) is 0.250. The van der Waals surface area contributed by atoms with Crippen molar-refractivity contribution in [2.45, 2.75) is 20.3 Å². The number of hydrogen-bond acceptors (Lipinski definition) is 1. The van der Waals surface area contributed by atoms with Gasteiger partial charge in [-0.25, -0.2) is 13.8 Å². The van der Waals surface area contributed by atoms with E-state index in [0.717, 1.165) is 12.1 Å². The smallest absolute Gasteiger partial charge is 0.149 e. The van der Waals surface area contributed by atoms with E-state index in [-0.39, 0.29) is 15.9 Å². The molecule has 4 heteroatoms. The molecule has 1 aromatic heterocycles. The van der Waals surface area contributed by atoms with E-state index in [9.17, 15) is 8.78 Å². The first-order valence-electron chi connectivity index (χ1n) is 4.99. The Labute approximate surface area is 97.1 Å². The van der Waals surface area contributed by atoms with Crippen molar-refractivity contribution < 1.29 is 8.78 Å². The highest BCUT2D eigenvalue weighted by atomic mass is 35.5. The third-order valence-corrected chi connectivity index (χ3v) is 3.11. The molecule has 0 aliphatic heterocycles. The summed E-state index contributed by atoms with van der Waals surface area (Å²) in [6.07, 6.45) is 0.636. The molecule has 2 aromatic rings. The third-order valence-electron chi connectivity index (χ3n) is 2.64. The van der Waals surface area contributed by atoms with Crippen LogP contribution in [0, 0.1) is 18.6 Å². The van der Waals surface area contributed by atoms with E-state index in [1.807, 2.05) is 6.92 Å². The van der Waals surface area contributed by atoms with Gasteiger partial charge in [0, 0.05) is 5.69 Å². The number of pyridine rings is 1. The Bertz CT molecular complexity index is 567. The average molecular weight is 242 g/mol. The molecule has 1 nitrogen and oxygen atoms in total. The van der Waals surface area contributed by atoms with Crippen LogP contribution >= 0.6 is 11.6 Å². The van der Waals surface area contributed by atoms with Gasteiger partial charge in [-0.1, -0.05) is 18.5 Å². The van der Waals surface area contributed by atoms with Gasteiger partial charge in [-0.05, 0) is 31.0 Å². The normalized spacial score (nSPS) is 11.1. The largest absolute Gasteiger partial charge is 0.249 e. The molecule has 16 heavy (non-hydrogen) atoms. The van der Waals surface area contributed by atoms with Gasteiger partial charge in [0.25, 0.3) is 0 Å². The number of rotatable bonds is 1. The molecule has 0 spiro atoms. The Morgan fingerprint density at radius 1 is 1.25 bits per heavy atom. The van der Waals surface area contributed by atoms with Crippen molar-refractivity contribution >= 4 is 22.5 Å². The van der Waals surface area contributed by atoms with Gasteiger partial charge in [-0.2, -0.15) is 0 Å². The maximum absolute atomic E-state index is 13.6. The van der Waals surface area contributed by atoms with Gasteiger partial charge in [-0.3, -0.25) is 0 Å². The molecule has 84 valence electrons. The number of aromatic nitrogens is 1. The monoisotopic (exact) mass is 241 g/mol. The van der Waals surface area contributed by atoms with Crippen molar-refractivity contribution in [2.24, 2.45) is 0 Å². The summed E-state index contributed by atoms with van der Waals surface area (Å²) in [7, 11) is 0. The number of nitrogens with zero attached hydrogens (tertiary/aromatic N) is 1. The lowest BCUT2D eigenvalue weighted by Gasteiger charge is -2.09. The molecule has 0 aliphatic carbocycles. The zero-order valence-corrected chi connectivity index (χ0v) is 9.70. The van der Waals surface area contributed by atoms with Gasteiger partial charge in [0.05, 0.1) is 10.4 Å². The highest BCUT2D eigenvalue weighted by Crippen LogP contribution is 2.31. The summed E-state index contributed by atoms with van der Waals surface area (Å²) in [5.41, 5.74) is 1.41. The molecule has 2 rings (SSSR count). The minimum absolute atomic E-state index is 0.00690. The van der Waals surface area contributed by atoms with Gasteiger partial charge in [-0.15, -0.1) is 0 Å². The third kappa shape index (κ3) is 1.55. The molecular weight excluding hydrogens is 232 g/mol. The SMILES string of the molecule is CCc1nc2c(F)ccc(F)c2c(Cl)c1C. The van der Waals surface area contributed by atoms with Crippen molar-refractivity contribution in [1.82, 2.24) is 4.98 Å². The van der Waals surface area contributed by atoms with E-state index >= 15 is 0 Å². The van der Waals surface area contributed by atoms with Crippen LogP contribution in [0.4, 0.5) is 8.78 Å². The lowest BCUT2D eigenvalue weighted by molar-refractivity contribution is 0.614. The predicted molar refractivity (Wildman–Crippen MR) is 60.8 cm³/mol. The Kier molecular flexibility index (Phi) is 2.80. The summed E-state index contributed by atoms with van der Waals surface area (Å²) in [6, 6.07) is 2.13. The van der Waals surface area contributed by atoms with Crippen LogP contribution in [-0.2, 0) is 6.42 Å². The van der Waals surface area contributed by atoms with E-state index in [1.54, 1.807) is 6.92 Å². The second-order valence-corrected chi connectivity index (χ2v) is 3.98. The van der Waals surface area contributed by atoms with Crippen LogP contribution in [-0.4, -0.2) is 4.98 Å². The van der Waals surface area contributed by atoms with Gasteiger partial charge in [0.15, 0.2) is 0 Å². The average Bonchev–Trinajstić information content (AvgIpc) is 2.27. The number of hydrogen-bond donors (Lipinski definition) is 0. The molecule has 0 aliphatic rings. The molecule has 0 radical (unpaired) electrons. The van der Waals surface area contributed by atoms with Crippen molar-refractivity contribution in [3.05, 3.63) is 40.0 Å². The first-order chi connectivity index (χ1) is 7.56. The van der Waals surface area contributed by atoms with Crippen LogP contribution in [0.25, 0.3) is 10.9 Å². The van der Waals surface area contributed by atoms with Crippen LogP contribution in [0.5, 0.6) is 0 Å². The molecule has 1 heterocycles. The lowest BCUT2D eigenvalue weighted by Crippen LogP contribution is -1.98. The summed E-state index contributed by atoms with van der Waals surface area (Å²) in [5, 5.41) is 0.315. The molecule has 0 saturated heterocycles. The minimum Gasteiger partial charge on any atom is -0.249 e. The van der Waals surface area contributed by atoms with Crippen LogP contribution in [0.2, 0.25) is 5.02 Å². The number of fused-ring (bicyclic) bond motifs is 1. The molecule has 0 amide bonds. The molecule has 0 unspecified atom stereocenters. The first kappa shape index (κ1) is 11.3. The number of aryl methyl sites for hydroxylation is 1. The molecule has 0 saturated carbocycles. The predicted octanol–water partition coefficient (Wildman–Crippen LogP) is 4.04. The summed E-state index contributed by atoms with van der Waals surface area (Å²) in [6.45, 7) is 3.66. The summed E-state index contributed by atoms with van der Waals surface area (Å²) < 4.78 is 27.1. The quantitative estimate of drug-likeness (QED) is 0.734. The van der Waals surface area contributed by atoms with E-state index < -0.39 is 11.6 Å². The summed E-state index contributed by atoms with van der Waals surface area (Å²) in [5.74, 6) is -1.09. The van der Waals surface area contributed by atoms with Crippen LogP contribution in [0.3, 0.4) is 0 Å². The summed E-state index contributed by atoms with van der Waals surface area (Å²) >= 11 is 6.04. The topological polar surface area (TPSA) is 12.9 Å². The Morgan fingerprint density at radius 2 is 1.88 bits per heavy atom. The molecule has 0 bridgehead atoms. The van der Waals surface area contributed by atoms with Gasteiger partial charge in [0.2, 0.25) is 0 Å². The Morgan fingerprint density at radius 3 is 2.50 bits per heavy atom. The Hall–Kier alpha value is -1.22. The molecule has 1 aromatic carbocycles. The number of benzene rings is 1. The minimum atomic E-state index is -0.548. The second-order valence-electron chi connectivity index (χ2n) is 3.60. The van der Waals surface area contributed by atoms with Gasteiger partial charge < -0.3 is 0 Å². The van der Waals surface area contributed by atoms with E-state index in [2.05, 4.69) is 4.98 Å². The van der Waals surface area contributed by atoms with Gasteiger partial charge >= 0.3 is 0 Å². The van der Waals surface area contributed by atoms with E-state index in [1.165, 1.54) is 0 Å². The fourth-order valence-electron chi connectivity index (χ4n) is 1.74. The van der Waals surface area contributed by atoms with Crippen LogP contribution in [0.1, 0.15) is 18.2 Å². The van der Waals surface area contributed by atoms with Gasteiger partial charge in [0.1, 0.15) is 17.2 Å². The van der Waals surface area contributed by atoms with Crippen molar-refractivity contribution in [3.8, 4) is 0 Å². The maximum Gasteiger partial charge on any atom is 0.149 e. The Balaban J connectivity index is 2.97. The first-order valence-corrected chi connectivity index (χ1v) is 5.36. The molecule has 0 atom stereocenters. The van der Waals surface area contributed by atoms with Crippen molar-refractivity contribution in [3.63, 3.8) is 0 Å². The van der Waals surface area contributed by atoms with E-state index in [0.29, 0.717) is 17.7 Å². The maximum atomic E-state index is 13.6. The van der Waals surface area contributed by atoms with Crippen LogP contribution < -0.4 is 0 Å². The molecule has 0 N–H and O–H groups in total. The highest BCUT2D eigenvalue weighted by molar-refractivity contribution is 6.36. The van der Waals surface area contributed by atoms with Crippen molar-refractivity contribution in [1.29, 1.82) is 0 Å². The standard InChI is InChI=1S/C12H10ClF2N/c1-3-9-6(2)11(13)10-7(14)4-5-8(15)12(10)16-9/h4-5H,3H2,1-2H3.